The maximum Gasteiger partial charge on any atom is 0.326 e. The van der Waals surface area contributed by atoms with Gasteiger partial charge in [-0.2, -0.15) is 0 Å². The topological polar surface area (TPSA) is 77.8 Å². The van der Waals surface area contributed by atoms with E-state index in [4.69, 9.17) is 16.7 Å². The fourth-order valence-electron chi connectivity index (χ4n) is 1.84. The molecule has 5 nitrogen and oxygen atoms in total. The van der Waals surface area contributed by atoms with Gasteiger partial charge in [0.15, 0.2) is 0 Å². The van der Waals surface area contributed by atoms with E-state index in [2.05, 4.69) is 0 Å². The van der Waals surface area contributed by atoms with Crippen LogP contribution in [0.3, 0.4) is 0 Å². The summed E-state index contributed by atoms with van der Waals surface area (Å²) < 4.78 is 0.472. The molecule has 1 aliphatic heterocycles. The van der Waals surface area contributed by atoms with Gasteiger partial charge >= 0.3 is 5.97 Å². The third kappa shape index (κ3) is 2.43. The van der Waals surface area contributed by atoms with Crippen molar-refractivity contribution < 1.29 is 19.8 Å². The molecule has 7 heteroatoms. The number of hydrogen-bond donors (Lipinski definition) is 2. The van der Waals surface area contributed by atoms with Crippen LogP contribution in [0.2, 0.25) is 4.34 Å². The van der Waals surface area contributed by atoms with Crippen molar-refractivity contribution in [3.63, 3.8) is 0 Å². The highest BCUT2D eigenvalue weighted by atomic mass is 35.5. The van der Waals surface area contributed by atoms with Crippen LogP contribution in [0.4, 0.5) is 0 Å². The summed E-state index contributed by atoms with van der Waals surface area (Å²) in [7, 11) is 0. The van der Waals surface area contributed by atoms with Gasteiger partial charge in [-0.1, -0.05) is 11.6 Å². The molecule has 2 N–H and O–H groups in total. The molecule has 0 bridgehead atoms. The lowest BCUT2D eigenvalue weighted by atomic mass is 10.2. The molecule has 0 radical (unpaired) electrons. The number of likely N-dealkylation sites (tertiary alicyclic amines) is 1. The van der Waals surface area contributed by atoms with E-state index in [-0.39, 0.29) is 13.0 Å². The number of aliphatic carboxylic acids is 1. The summed E-state index contributed by atoms with van der Waals surface area (Å²) in [6, 6.07) is 2.18. The first-order valence-corrected chi connectivity index (χ1v) is 6.15. The van der Waals surface area contributed by atoms with E-state index >= 15 is 0 Å². The van der Waals surface area contributed by atoms with E-state index in [1.54, 1.807) is 12.1 Å². The van der Waals surface area contributed by atoms with Crippen LogP contribution in [0.1, 0.15) is 16.1 Å². The number of carbonyl (C=O) groups is 2. The largest absolute Gasteiger partial charge is 0.480 e. The molecule has 0 saturated carbocycles. The van der Waals surface area contributed by atoms with Crippen LogP contribution in [0.5, 0.6) is 0 Å². The zero-order valence-electron chi connectivity index (χ0n) is 8.67. The first-order chi connectivity index (χ1) is 7.99. The fraction of sp³-hybridized carbons (Fsp3) is 0.400. The number of β-amino-alcohol motifs (C(OH)–C–C–N with tert-alkyl or cyclic N) is 1. The fourth-order valence-corrected chi connectivity index (χ4v) is 2.84. The second kappa shape index (κ2) is 4.64. The molecule has 0 aliphatic carbocycles. The van der Waals surface area contributed by atoms with E-state index < -0.39 is 24.0 Å². The minimum Gasteiger partial charge on any atom is -0.480 e. The predicted octanol–water partition coefficient (Wildman–Crippen LogP) is 1.06. The number of aliphatic hydroxyl groups excluding tert-OH is 1. The molecular weight excluding hydrogens is 266 g/mol. The molecule has 1 aromatic rings. The summed E-state index contributed by atoms with van der Waals surface area (Å²) in [5, 5.41) is 18.4. The molecule has 1 aromatic heterocycles. The Morgan fingerprint density at radius 2 is 2.18 bits per heavy atom. The first kappa shape index (κ1) is 12.3. The molecule has 0 aromatic carbocycles. The molecule has 1 fully saturated rings. The average Bonchev–Trinajstić information content (AvgIpc) is 2.83. The van der Waals surface area contributed by atoms with E-state index in [0.29, 0.717) is 9.21 Å². The van der Waals surface area contributed by atoms with Gasteiger partial charge in [0, 0.05) is 13.0 Å². The van der Waals surface area contributed by atoms with Crippen molar-refractivity contribution in [3.8, 4) is 0 Å². The van der Waals surface area contributed by atoms with Gasteiger partial charge in [-0.3, -0.25) is 4.79 Å². The molecule has 92 valence electrons. The number of hydrogen-bond acceptors (Lipinski definition) is 4. The Labute approximate surface area is 106 Å². The molecule has 0 unspecified atom stereocenters. The van der Waals surface area contributed by atoms with Gasteiger partial charge in [-0.15, -0.1) is 11.3 Å². The smallest absolute Gasteiger partial charge is 0.326 e. The second-order valence-corrected chi connectivity index (χ2v) is 5.52. The highest BCUT2D eigenvalue weighted by molar-refractivity contribution is 7.17. The van der Waals surface area contributed by atoms with Crippen LogP contribution in [0.15, 0.2) is 12.1 Å². The molecule has 17 heavy (non-hydrogen) atoms. The summed E-state index contributed by atoms with van der Waals surface area (Å²) in [6.07, 6.45) is -0.712. The summed E-state index contributed by atoms with van der Waals surface area (Å²) >= 11 is 6.82. The molecule has 2 heterocycles. The minimum atomic E-state index is -1.10. The average molecular weight is 276 g/mol. The third-order valence-corrected chi connectivity index (χ3v) is 3.83. The van der Waals surface area contributed by atoms with Gasteiger partial charge in [-0.05, 0) is 12.1 Å². The van der Waals surface area contributed by atoms with Crippen LogP contribution in [0, 0.1) is 0 Å². The third-order valence-electron chi connectivity index (χ3n) is 2.61. The summed E-state index contributed by atoms with van der Waals surface area (Å²) in [5.41, 5.74) is 0. The van der Waals surface area contributed by atoms with E-state index in [1.807, 2.05) is 0 Å². The Bertz CT molecular complexity index is 461. The van der Waals surface area contributed by atoms with Gasteiger partial charge in [0.2, 0.25) is 0 Å². The lowest BCUT2D eigenvalue weighted by Gasteiger charge is -2.20. The van der Waals surface area contributed by atoms with Crippen molar-refractivity contribution in [2.24, 2.45) is 0 Å². The lowest BCUT2D eigenvalue weighted by Crippen LogP contribution is -2.40. The zero-order valence-corrected chi connectivity index (χ0v) is 10.2. The van der Waals surface area contributed by atoms with Crippen LogP contribution < -0.4 is 0 Å². The zero-order chi connectivity index (χ0) is 12.6. The van der Waals surface area contributed by atoms with Crippen LogP contribution in [-0.4, -0.2) is 45.7 Å². The molecule has 1 saturated heterocycles. The number of amides is 1. The molecule has 0 spiro atoms. The van der Waals surface area contributed by atoms with Crippen molar-refractivity contribution >= 4 is 34.8 Å². The van der Waals surface area contributed by atoms with Crippen molar-refractivity contribution in [2.45, 2.75) is 18.6 Å². The van der Waals surface area contributed by atoms with E-state index in [1.165, 1.54) is 4.90 Å². The normalized spacial score (nSPS) is 24.0. The molecule has 1 aliphatic rings. The van der Waals surface area contributed by atoms with Crippen molar-refractivity contribution in [3.05, 3.63) is 21.3 Å². The van der Waals surface area contributed by atoms with Crippen LogP contribution in [-0.2, 0) is 4.79 Å². The second-order valence-electron chi connectivity index (χ2n) is 3.80. The number of carboxylic acid groups (broad SMARTS) is 1. The van der Waals surface area contributed by atoms with Gasteiger partial charge in [0.25, 0.3) is 5.91 Å². The molecule has 2 rings (SSSR count). The molecular formula is C10H10ClNO4S. The number of rotatable bonds is 2. The number of carboxylic acids is 1. The number of nitrogens with zero attached hydrogens (tertiary/aromatic N) is 1. The number of carbonyl (C=O) groups excluding carboxylic acids is 1. The quantitative estimate of drug-likeness (QED) is 0.846. The summed E-state index contributed by atoms with van der Waals surface area (Å²) in [4.78, 5) is 24.6. The maximum atomic E-state index is 12.0. The Morgan fingerprint density at radius 3 is 2.71 bits per heavy atom. The Morgan fingerprint density at radius 1 is 1.47 bits per heavy atom. The van der Waals surface area contributed by atoms with E-state index in [0.717, 1.165) is 11.3 Å². The number of thiophene rings is 1. The van der Waals surface area contributed by atoms with Gasteiger partial charge < -0.3 is 15.1 Å². The standard InChI is InChI=1S/C10H10ClNO4S/c11-8-2-1-7(17-8)9(14)12-4-5(13)3-6(12)10(15)16/h1-2,5-6,13H,3-4H2,(H,15,16)/t5-,6-/m0/s1. The van der Waals surface area contributed by atoms with Crippen LogP contribution in [0.25, 0.3) is 0 Å². The van der Waals surface area contributed by atoms with Gasteiger partial charge in [0.1, 0.15) is 6.04 Å². The predicted molar refractivity (Wildman–Crippen MR) is 62.4 cm³/mol. The Kier molecular flexibility index (Phi) is 3.37. The highest BCUT2D eigenvalue weighted by Gasteiger charge is 2.39. The lowest BCUT2D eigenvalue weighted by molar-refractivity contribution is -0.141. The molecule has 1 amide bonds. The van der Waals surface area contributed by atoms with Crippen molar-refractivity contribution in [2.75, 3.05) is 6.54 Å². The SMILES string of the molecule is O=C(O)[C@@H]1C[C@H](O)CN1C(=O)c1ccc(Cl)s1. The highest BCUT2D eigenvalue weighted by Crippen LogP contribution is 2.26. The monoisotopic (exact) mass is 275 g/mol. The van der Waals surface area contributed by atoms with Crippen LogP contribution >= 0.6 is 22.9 Å². The minimum absolute atomic E-state index is 0.0469. The van der Waals surface area contributed by atoms with Crippen molar-refractivity contribution in [1.82, 2.24) is 4.90 Å². The van der Waals surface area contributed by atoms with Crippen molar-refractivity contribution in [1.29, 1.82) is 0 Å². The van der Waals surface area contributed by atoms with Gasteiger partial charge in [-0.25, -0.2) is 4.79 Å². The Hall–Kier alpha value is -1.11. The summed E-state index contributed by atoms with van der Waals surface area (Å²) in [6.45, 7) is 0.0469. The van der Waals surface area contributed by atoms with Gasteiger partial charge in [0.05, 0.1) is 15.3 Å². The Balaban J connectivity index is 2.21. The maximum absolute atomic E-state index is 12.0. The van der Waals surface area contributed by atoms with E-state index in [9.17, 15) is 14.7 Å². The molecule has 2 atom stereocenters. The first-order valence-electron chi connectivity index (χ1n) is 4.96. The summed E-state index contributed by atoms with van der Waals surface area (Å²) in [5.74, 6) is -1.50. The number of halogens is 1. The number of aliphatic hydroxyl groups is 1.